The number of aromatic amines is 1. The summed E-state index contributed by atoms with van der Waals surface area (Å²) in [5.74, 6) is -0.0824. The van der Waals surface area contributed by atoms with E-state index < -0.39 is 5.91 Å². The number of nitrogens with zero attached hydrogens (tertiary/aromatic N) is 2. The van der Waals surface area contributed by atoms with Crippen molar-refractivity contribution in [2.24, 2.45) is 5.10 Å². The van der Waals surface area contributed by atoms with E-state index in [0.717, 1.165) is 4.88 Å². The lowest BCUT2D eigenvalue weighted by atomic mass is 10.1. The molecule has 26 heavy (non-hydrogen) atoms. The Bertz CT molecular complexity index is 980. The van der Waals surface area contributed by atoms with Crippen molar-refractivity contribution in [3.8, 4) is 22.1 Å². The number of carbonyl (C=O) groups excluding carboxylic acids is 1. The van der Waals surface area contributed by atoms with Crippen molar-refractivity contribution in [2.45, 2.75) is 6.92 Å². The lowest BCUT2D eigenvalue weighted by Crippen LogP contribution is -2.19. The Hall–Kier alpha value is -2.84. The van der Waals surface area contributed by atoms with Gasteiger partial charge in [-0.25, -0.2) is 5.43 Å². The van der Waals surface area contributed by atoms with E-state index in [1.807, 2.05) is 6.07 Å². The van der Waals surface area contributed by atoms with Crippen molar-refractivity contribution in [3.05, 3.63) is 52.0 Å². The number of amides is 1. The van der Waals surface area contributed by atoms with Gasteiger partial charge >= 0.3 is 0 Å². The molecule has 3 rings (SSSR count). The van der Waals surface area contributed by atoms with Gasteiger partial charge in [-0.2, -0.15) is 10.2 Å². The van der Waals surface area contributed by atoms with Gasteiger partial charge in [-0.1, -0.05) is 11.6 Å². The van der Waals surface area contributed by atoms with Crippen molar-refractivity contribution in [1.29, 1.82) is 0 Å². The highest BCUT2D eigenvalue weighted by Gasteiger charge is 2.12. The number of hydrogen-bond acceptors (Lipinski definition) is 6. The minimum absolute atomic E-state index is 0.0332. The molecule has 3 aromatic rings. The average Bonchev–Trinajstić information content (AvgIpc) is 3.28. The van der Waals surface area contributed by atoms with Crippen LogP contribution in [0.3, 0.4) is 0 Å². The topological polar surface area (TPSA) is 99.6 Å². The molecule has 0 aliphatic rings. The molecule has 7 nitrogen and oxygen atoms in total. The first-order valence-electron chi connectivity index (χ1n) is 7.51. The van der Waals surface area contributed by atoms with Gasteiger partial charge in [-0.05, 0) is 43.3 Å². The summed E-state index contributed by atoms with van der Waals surface area (Å²) in [6.45, 7) is 1.73. The Morgan fingerprint density at radius 2 is 2.15 bits per heavy atom. The highest BCUT2D eigenvalue weighted by Crippen LogP contribution is 2.30. The summed E-state index contributed by atoms with van der Waals surface area (Å²) in [5, 5.41) is 20.5. The molecule has 0 aliphatic heterocycles. The molecule has 0 saturated heterocycles. The Kier molecular flexibility index (Phi) is 5.24. The van der Waals surface area contributed by atoms with Crippen molar-refractivity contribution >= 4 is 34.6 Å². The third-order valence-electron chi connectivity index (χ3n) is 3.57. The predicted octanol–water partition coefficient (Wildman–Crippen LogP) is 3.66. The Morgan fingerprint density at radius 3 is 2.85 bits per heavy atom. The summed E-state index contributed by atoms with van der Waals surface area (Å²) in [7, 11) is 1.46. The largest absolute Gasteiger partial charge is 0.504 e. The molecular weight excluding hydrogens is 376 g/mol. The molecule has 1 aromatic carbocycles. The minimum atomic E-state index is -0.444. The number of hydrazone groups is 1. The number of phenols is 1. The number of halogens is 1. The Balaban J connectivity index is 1.72. The van der Waals surface area contributed by atoms with Crippen LogP contribution in [-0.2, 0) is 0 Å². The van der Waals surface area contributed by atoms with Crippen molar-refractivity contribution < 1.29 is 14.6 Å². The first-order chi connectivity index (χ1) is 12.5. The summed E-state index contributed by atoms with van der Waals surface area (Å²) in [6, 6.07) is 10.1. The average molecular weight is 391 g/mol. The first-order valence-corrected chi connectivity index (χ1v) is 8.70. The van der Waals surface area contributed by atoms with Crippen LogP contribution in [0.15, 0.2) is 41.5 Å². The van der Waals surface area contributed by atoms with Crippen molar-refractivity contribution in [2.75, 3.05) is 7.11 Å². The molecule has 3 N–H and O–H groups in total. The number of H-pyrrole nitrogens is 1. The normalized spacial score (nSPS) is 11.4. The van der Waals surface area contributed by atoms with Gasteiger partial charge in [0.1, 0.15) is 0 Å². The number of methoxy groups -OCH3 is 1. The van der Waals surface area contributed by atoms with Crippen LogP contribution in [0.1, 0.15) is 23.0 Å². The number of thiophene rings is 1. The fourth-order valence-corrected chi connectivity index (χ4v) is 3.19. The number of benzene rings is 1. The van der Waals surface area contributed by atoms with E-state index in [4.69, 9.17) is 16.3 Å². The predicted molar refractivity (Wildman–Crippen MR) is 101 cm³/mol. The Morgan fingerprint density at radius 1 is 1.35 bits per heavy atom. The third-order valence-corrected chi connectivity index (χ3v) is 4.84. The summed E-state index contributed by atoms with van der Waals surface area (Å²) >= 11 is 7.31. The van der Waals surface area contributed by atoms with Crippen molar-refractivity contribution in [3.63, 3.8) is 0 Å². The number of carbonyl (C=O) groups is 1. The zero-order valence-electron chi connectivity index (χ0n) is 13.9. The summed E-state index contributed by atoms with van der Waals surface area (Å²) in [6.07, 6.45) is 0. The van der Waals surface area contributed by atoms with Crippen LogP contribution in [0, 0.1) is 0 Å². The molecule has 0 unspecified atom stereocenters. The van der Waals surface area contributed by atoms with Crippen LogP contribution in [0.25, 0.3) is 10.6 Å². The van der Waals surface area contributed by atoms with Crippen molar-refractivity contribution in [1.82, 2.24) is 15.6 Å². The van der Waals surface area contributed by atoms with Gasteiger partial charge in [0.15, 0.2) is 17.2 Å². The molecule has 0 radical (unpaired) electrons. The molecule has 2 aromatic heterocycles. The van der Waals surface area contributed by atoms with E-state index in [1.165, 1.54) is 24.5 Å². The van der Waals surface area contributed by atoms with E-state index in [1.54, 1.807) is 31.2 Å². The summed E-state index contributed by atoms with van der Waals surface area (Å²) in [4.78, 5) is 13.1. The standard InChI is InChI=1S/C17H15ClN4O3S/c1-9(10-3-4-13(23)14(7-10)25-2)19-22-17(24)12-8-11(20-21-12)15-5-6-16(18)26-15/h3-8,23H,1-2H3,(H,20,21)(H,22,24). The second-order valence-corrected chi connectivity index (χ2v) is 7.01. The second-order valence-electron chi connectivity index (χ2n) is 5.30. The second kappa shape index (κ2) is 7.59. The summed E-state index contributed by atoms with van der Waals surface area (Å²) < 4.78 is 5.72. The van der Waals surface area contributed by atoms with E-state index in [0.29, 0.717) is 27.1 Å². The molecular formula is C17H15ClN4O3S. The Labute approximate surface area is 158 Å². The maximum Gasteiger partial charge on any atom is 0.291 e. The molecule has 2 heterocycles. The minimum Gasteiger partial charge on any atom is -0.504 e. The van der Waals surface area contributed by atoms with Crippen LogP contribution < -0.4 is 10.2 Å². The fourth-order valence-electron chi connectivity index (χ4n) is 2.18. The maximum atomic E-state index is 12.2. The highest BCUT2D eigenvalue weighted by molar-refractivity contribution is 7.19. The van der Waals surface area contributed by atoms with Gasteiger partial charge in [0, 0.05) is 5.56 Å². The zero-order chi connectivity index (χ0) is 18.7. The van der Waals surface area contributed by atoms with Crippen LogP contribution >= 0.6 is 22.9 Å². The SMILES string of the molecule is COc1cc(C(C)=NNC(=O)c2cc(-c3ccc(Cl)s3)[nH]n2)ccc1O. The molecule has 1 amide bonds. The molecule has 134 valence electrons. The van der Waals surface area contributed by atoms with Crippen LogP contribution in [0.5, 0.6) is 11.5 Å². The molecule has 0 saturated carbocycles. The van der Waals surface area contributed by atoms with Crippen LogP contribution in [-0.4, -0.2) is 34.0 Å². The monoisotopic (exact) mass is 390 g/mol. The maximum absolute atomic E-state index is 12.2. The lowest BCUT2D eigenvalue weighted by Gasteiger charge is -2.06. The number of nitrogens with one attached hydrogen (secondary N) is 2. The smallest absolute Gasteiger partial charge is 0.291 e. The summed E-state index contributed by atoms with van der Waals surface area (Å²) in [5.41, 5.74) is 4.63. The number of ether oxygens (including phenoxy) is 1. The van der Waals surface area contributed by atoms with Gasteiger partial charge < -0.3 is 9.84 Å². The van der Waals surface area contributed by atoms with Gasteiger partial charge in [-0.15, -0.1) is 11.3 Å². The van der Waals surface area contributed by atoms with Crippen LogP contribution in [0.4, 0.5) is 0 Å². The van der Waals surface area contributed by atoms with E-state index >= 15 is 0 Å². The molecule has 0 spiro atoms. The zero-order valence-corrected chi connectivity index (χ0v) is 15.5. The fraction of sp³-hybridized carbons (Fsp3) is 0.118. The van der Waals surface area contributed by atoms with Gasteiger partial charge in [-0.3, -0.25) is 9.89 Å². The van der Waals surface area contributed by atoms with Gasteiger partial charge in [0.05, 0.1) is 27.7 Å². The van der Waals surface area contributed by atoms with Gasteiger partial charge in [0.25, 0.3) is 5.91 Å². The molecule has 0 bridgehead atoms. The number of hydrogen-bond donors (Lipinski definition) is 3. The molecule has 9 heteroatoms. The lowest BCUT2D eigenvalue weighted by molar-refractivity contribution is 0.0950. The highest BCUT2D eigenvalue weighted by atomic mass is 35.5. The molecule has 0 atom stereocenters. The molecule has 0 fully saturated rings. The van der Waals surface area contributed by atoms with E-state index in [-0.39, 0.29) is 11.4 Å². The van der Waals surface area contributed by atoms with Crippen LogP contribution in [0.2, 0.25) is 4.34 Å². The quantitative estimate of drug-likeness (QED) is 0.457. The number of phenolic OH excluding ortho intramolecular Hbond substituents is 1. The number of aromatic hydroxyl groups is 1. The molecule has 0 aliphatic carbocycles. The first kappa shape index (κ1) is 18.0. The van der Waals surface area contributed by atoms with E-state index in [9.17, 15) is 9.90 Å². The van der Waals surface area contributed by atoms with E-state index in [2.05, 4.69) is 20.7 Å². The van der Waals surface area contributed by atoms with Gasteiger partial charge in [0.2, 0.25) is 0 Å². The third kappa shape index (κ3) is 3.87. The number of aromatic nitrogens is 2. The number of rotatable bonds is 5.